The largest absolute Gasteiger partial charge is 0.508 e. The molecular formula is C13H8F4N2O. The van der Waals surface area contributed by atoms with E-state index in [-0.39, 0.29) is 11.4 Å². The van der Waals surface area contributed by atoms with Gasteiger partial charge in [0.1, 0.15) is 11.4 Å². The summed E-state index contributed by atoms with van der Waals surface area (Å²) in [5, 5.41) is 16.1. The number of azo groups is 1. The number of phenols is 1. The Kier molecular flexibility index (Phi) is 3.69. The van der Waals surface area contributed by atoms with Crippen LogP contribution in [0.25, 0.3) is 0 Å². The highest BCUT2D eigenvalue weighted by Gasteiger charge is 2.31. The first kappa shape index (κ1) is 14.0. The van der Waals surface area contributed by atoms with Gasteiger partial charge in [-0.15, -0.1) is 5.11 Å². The van der Waals surface area contributed by atoms with E-state index in [2.05, 4.69) is 10.2 Å². The Balaban J connectivity index is 2.31. The quantitative estimate of drug-likeness (QED) is 0.614. The van der Waals surface area contributed by atoms with Crippen LogP contribution in [0.3, 0.4) is 0 Å². The van der Waals surface area contributed by atoms with E-state index in [4.69, 9.17) is 5.11 Å². The Morgan fingerprint density at radius 3 is 2.15 bits per heavy atom. The number of hydrogen-bond acceptors (Lipinski definition) is 3. The molecule has 20 heavy (non-hydrogen) atoms. The first-order chi connectivity index (χ1) is 9.36. The molecule has 3 nitrogen and oxygen atoms in total. The Bertz CT molecular complexity index is 636. The minimum Gasteiger partial charge on any atom is -0.508 e. The molecule has 0 aliphatic heterocycles. The van der Waals surface area contributed by atoms with Crippen molar-refractivity contribution in [3.05, 3.63) is 53.8 Å². The molecule has 0 fully saturated rings. The van der Waals surface area contributed by atoms with Crippen LogP contribution in [-0.4, -0.2) is 5.11 Å². The number of nitrogens with zero attached hydrogens (tertiary/aromatic N) is 2. The fourth-order valence-corrected chi connectivity index (χ4v) is 1.40. The van der Waals surface area contributed by atoms with E-state index in [1.165, 1.54) is 24.3 Å². The second-order valence-corrected chi connectivity index (χ2v) is 3.88. The summed E-state index contributed by atoms with van der Waals surface area (Å²) in [6, 6.07) is 7.35. The molecule has 0 saturated heterocycles. The Hall–Kier alpha value is -2.44. The SMILES string of the molecule is Oc1ccc(N=Nc2cc(C(F)(F)F)ccc2F)cc1. The van der Waals surface area contributed by atoms with Crippen molar-refractivity contribution >= 4 is 11.4 Å². The van der Waals surface area contributed by atoms with Crippen LogP contribution < -0.4 is 0 Å². The number of aromatic hydroxyl groups is 1. The molecule has 2 aromatic rings. The number of phenolic OH excluding ortho intramolecular Hbond substituents is 1. The molecular weight excluding hydrogens is 276 g/mol. The molecule has 2 rings (SSSR count). The van der Waals surface area contributed by atoms with Crippen LogP contribution in [-0.2, 0) is 6.18 Å². The fourth-order valence-electron chi connectivity index (χ4n) is 1.40. The van der Waals surface area contributed by atoms with Gasteiger partial charge in [0.2, 0.25) is 0 Å². The molecule has 0 amide bonds. The number of halogens is 4. The van der Waals surface area contributed by atoms with Crippen LogP contribution in [0.4, 0.5) is 28.9 Å². The maximum Gasteiger partial charge on any atom is 0.416 e. The molecule has 0 aliphatic carbocycles. The van der Waals surface area contributed by atoms with Gasteiger partial charge in [-0.3, -0.25) is 0 Å². The van der Waals surface area contributed by atoms with Crippen LogP contribution in [0.2, 0.25) is 0 Å². The molecule has 0 bridgehead atoms. The predicted octanol–water partition coefficient (Wildman–Crippen LogP) is 4.97. The lowest BCUT2D eigenvalue weighted by molar-refractivity contribution is -0.137. The van der Waals surface area contributed by atoms with E-state index in [9.17, 15) is 17.6 Å². The summed E-state index contributed by atoms with van der Waals surface area (Å²) in [7, 11) is 0. The highest BCUT2D eigenvalue weighted by Crippen LogP contribution is 2.33. The van der Waals surface area contributed by atoms with Gasteiger partial charge < -0.3 is 5.11 Å². The van der Waals surface area contributed by atoms with E-state index >= 15 is 0 Å². The summed E-state index contributed by atoms with van der Waals surface area (Å²) in [6.07, 6.45) is -4.57. The van der Waals surface area contributed by atoms with Crippen molar-refractivity contribution < 1.29 is 22.7 Å². The van der Waals surface area contributed by atoms with E-state index in [1.807, 2.05) is 0 Å². The van der Waals surface area contributed by atoms with Gasteiger partial charge in [0, 0.05) is 0 Å². The van der Waals surface area contributed by atoms with Crippen LogP contribution in [0.1, 0.15) is 5.56 Å². The second kappa shape index (κ2) is 5.28. The molecule has 0 aliphatic rings. The molecule has 104 valence electrons. The first-order valence-corrected chi connectivity index (χ1v) is 5.44. The summed E-state index contributed by atoms with van der Waals surface area (Å²) in [6.45, 7) is 0. The highest BCUT2D eigenvalue weighted by atomic mass is 19.4. The number of rotatable bonds is 2. The molecule has 0 unspecified atom stereocenters. The molecule has 2 aromatic carbocycles. The van der Waals surface area contributed by atoms with E-state index in [1.54, 1.807) is 0 Å². The van der Waals surface area contributed by atoms with Gasteiger partial charge in [-0.2, -0.15) is 18.3 Å². The van der Waals surface area contributed by atoms with E-state index in [0.29, 0.717) is 18.2 Å². The van der Waals surface area contributed by atoms with Gasteiger partial charge in [-0.05, 0) is 42.5 Å². The molecule has 7 heteroatoms. The van der Waals surface area contributed by atoms with Gasteiger partial charge in [-0.1, -0.05) is 0 Å². The summed E-state index contributed by atoms with van der Waals surface area (Å²) in [5.74, 6) is -0.894. The highest BCUT2D eigenvalue weighted by molar-refractivity contribution is 5.44. The van der Waals surface area contributed by atoms with Crippen molar-refractivity contribution in [2.45, 2.75) is 6.18 Å². The lowest BCUT2D eigenvalue weighted by Crippen LogP contribution is -2.04. The zero-order chi connectivity index (χ0) is 14.8. The van der Waals surface area contributed by atoms with Gasteiger partial charge in [0.15, 0.2) is 5.82 Å². The van der Waals surface area contributed by atoms with Crippen molar-refractivity contribution in [3.63, 3.8) is 0 Å². The van der Waals surface area contributed by atoms with Crippen LogP contribution in [0, 0.1) is 5.82 Å². The molecule has 0 saturated carbocycles. The summed E-state index contributed by atoms with van der Waals surface area (Å²) >= 11 is 0. The summed E-state index contributed by atoms with van der Waals surface area (Å²) in [4.78, 5) is 0. The van der Waals surface area contributed by atoms with Crippen molar-refractivity contribution in [3.8, 4) is 5.75 Å². The van der Waals surface area contributed by atoms with E-state index in [0.717, 1.165) is 0 Å². The van der Waals surface area contributed by atoms with E-state index < -0.39 is 23.2 Å². The topological polar surface area (TPSA) is 45.0 Å². The van der Waals surface area contributed by atoms with Crippen molar-refractivity contribution in [1.82, 2.24) is 0 Å². The maximum absolute atomic E-state index is 13.4. The van der Waals surface area contributed by atoms with Gasteiger partial charge in [0.05, 0.1) is 11.3 Å². The van der Waals surface area contributed by atoms with Gasteiger partial charge in [-0.25, -0.2) is 4.39 Å². The summed E-state index contributed by atoms with van der Waals surface area (Å²) < 4.78 is 50.8. The lowest BCUT2D eigenvalue weighted by atomic mass is 10.2. The third-order valence-corrected chi connectivity index (χ3v) is 2.40. The third-order valence-electron chi connectivity index (χ3n) is 2.40. The van der Waals surface area contributed by atoms with Gasteiger partial charge in [0.25, 0.3) is 0 Å². The minimum absolute atomic E-state index is 0.00852. The monoisotopic (exact) mass is 284 g/mol. The molecule has 0 radical (unpaired) electrons. The maximum atomic E-state index is 13.4. The Morgan fingerprint density at radius 1 is 0.900 bits per heavy atom. The number of benzene rings is 2. The smallest absolute Gasteiger partial charge is 0.416 e. The van der Waals surface area contributed by atoms with Gasteiger partial charge >= 0.3 is 6.18 Å². The molecule has 0 aromatic heterocycles. The van der Waals surface area contributed by atoms with Crippen molar-refractivity contribution in [2.24, 2.45) is 10.2 Å². The van der Waals surface area contributed by atoms with Crippen LogP contribution in [0.15, 0.2) is 52.7 Å². The Labute approximate surface area is 111 Å². The average Bonchev–Trinajstić information content (AvgIpc) is 2.38. The van der Waals surface area contributed by atoms with Crippen molar-refractivity contribution in [2.75, 3.05) is 0 Å². The molecule has 0 heterocycles. The Morgan fingerprint density at radius 2 is 1.55 bits per heavy atom. The first-order valence-electron chi connectivity index (χ1n) is 5.44. The minimum atomic E-state index is -4.57. The normalized spacial score (nSPS) is 12.0. The zero-order valence-electron chi connectivity index (χ0n) is 9.89. The average molecular weight is 284 g/mol. The standard InChI is InChI=1S/C13H8F4N2O/c14-11-6-1-8(13(15,16)17)7-12(11)19-18-9-2-4-10(20)5-3-9/h1-7,20H. The second-order valence-electron chi connectivity index (χ2n) is 3.88. The third kappa shape index (κ3) is 3.31. The zero-order valence-corrected chi connectivity index (χ0v) is 9.89. The summed E-state index contributed by atoms with van der Waals surface area (Å²) in [5.41, 5.74) is -1.23. The fraction of sp³-hybridized carbons (Fsp3) is 0.0769. The lowest BCUT2D eigenvalue weighted by Gasteiger charge is -2.06. The molecule has 0 spiro atoms. The van der Waals surface area contributed by atoms with Crippen LogP contribution >= 0.6 is 0 Å². The molecule has 0 atom stereocenters. The predicted molar refractivity (Wildman–Crippen MR) is 63.7 cm³/mol. The number of hydrogen-bond donors (Lipinski definition) is 1. The number of alkyl halides is 3. The van der Waals surface area contributed by atoms with Crippen LogP contribution in [0.5, 0.6) is 5.75 Å². The molecule has 1 N–H and O–H groups in total. The van der Waals surface area contributed by atoms with Crippen molar-refractivity contribution in [1.29, 1.82) is 0 Å².